The van der Waals surface area contributed by atoms with Crippen LogP contribution in [0.2, 0.25) is 0 Å². The maximum Gasteiger partial charge on any atom is 0.262 e. The smallest absolute Gasteiger partial charge is 0.262 e. The Hall–Kier alpha value is -2.61. The standard InChI is InChI=1S/C14H9F2N3O2S/c1-7-9(5-17-21-7)13(20)19-14-18-12(6-22-14)8-2-3-10(15)11(16)4-8/h2-6H,1H3,(H,18,19,20). The topological polar surface area (TPSA) is 68.0 Å². The highest BCUT2D eigenvalue weighted by molar-refractivity contribution is 7.14. The van der Waals surface area contributed by atoms with E-state index in [0.29, 0.717) is 27.7 Å². The summed E-state index contributed by atoms with van der Waals surface area (Å²) in [6.45, 7) is 1.62. The molecule has 0 saturated carbocycles. The van der Waals surface area contributed by atoms with Crippen LogP contribution in [0.5, 0.6) is 0 Å². The monoisotopic (exact) mass is 321 g/mol. The molecule has 0 aliphatic heterocycles. The van der Waals surface area contributed by atoms with Gasteiger partial charge in [0.05, 0.1) is 11.9 Å². The molecule has 3 rings (SSSR count). The van der Waals surface area contributed by atoms with Crippen LogP contribution >= 0.6 is 11.3 Å². The fraction of sp³-hybridized carbons (Fsp3) is 0.0714. The number of aryl methyl sites for hydroxylation is 1. The number of aromatic nitrogens is 2. The number of nitrogens with zero attached hydrogens (tertiary/aromatic N) is 2. The van der Waals surface area contributed by atoms with Crippen LogP contribution in [-0.2, 0) is 0 Å². The molecule has 22 heavy (non-hydrogen) atoms. The Balaban J connectivity index is 1.80. The van der Waals surface area contributed by atoms with Gasteiger partial charge in [-0.1, -0.05) is 5.16 Å². The van der Waals surface area contributed by atoms with Crippen LogP contribution in [0.4, 0.5) is 13.9 Å². The summed E-state index contributed by atoms with van der Waals surface area (Å²) in [7, 11) is 0. The molecule has 5 nitrogen and oxygen atoms in total. The number of hydrogen-bond donors (Lipinski definition) is 1. The molecule has 0 saturated heterocycles. The number of carbonyl (C=O) groups excluding carboxylic acids is 1. The molecule has 2 heterocycles. The molecule has 0 fully saturated rings. The van der Waals surface area contributed by atoms with Crippen molar-refractivity contribution < 1.29 is 18.1 Å². The van der Waals surface area contributed by atoms with Gasteiger partial charge >= 0.3 is 0 Å². The summed E-state index contributed by atoms with van der Waals surface area (Å²) in [5.41, 5.74) is 1.18. The first kappa shape index (κ1) is 14.3. The van der Waals surface area contributed by atoms with E-state index < -0.39 is 17.5 Å². The number of rotatable bonds is 3. The van der Waals surface area contributed by atoms with Gasteiger partial charge in [-0.2, -0.15) is 0 Å². The molecule has 0 aliphatic rings. The van der Waals surface area contributed by atoms with E-state index in [1.165, 1.54) is 23.6 Å². The Morgan fingerprint density at radius 3 is 2.82 bits per heavy atom. The average Bonchev–Trinajstić information content (AvgIpc) is 3.11. The molecule has 0 atom stereocenters. The van der Waals surface area contributed by atoms with Crippen molar-refractivity contribution in [2.45, 2.75) is 6.92 Å². The number of amides is 1. The van der Waals surface area contributed by atoms with Gasteiger partial charge in [0.2, 0.25) is 0 Å². The number of halogens is 2. The van der Waals surface area contributed by atoms with Crippen molar-refractivity contribution in [2.75, 3.05) is 5.32 Å². The van der Waals surface area contributed by atoms with Gasteiger partial charge in [-0.25, -0.2) is 13.8 Å². The highest BCUT2D eigenvalue weighted by Crippen LogP contribution is 2.26. The van der Waals surface area contributed by atoms with E-state index in [4.69, 9.17) is 4.52 Å². The lowest BCUT2D eigenvalue weighted by Gasteiger charge is -1.99. The molecule has 1 amide bonds. The predicted octanol–water partition coefficient (Wildman–Crippen LogP) is 3.64. The maximum atomic E-state index is 13.2. The summed E-state index contributed by atoms with van der Waals surface area (Å²) in [4.78, 5) is 16.2. The third kappa shape index (κ3) is 2.73. The second-order valence-corrected chi connectivity index (χ2v) is 5.27. The summed E-state index contributed by atoms with van der Waals surface area (Å²) in [6, 6.07) is 3.51. The van der Waals surface area contributed by atoms with Crippen LogP contribution in [0.1, 0.15) is 16.1 Å². The van der Waals surface area contributed by atoms with Gasteiger partial charge < -0.3 is 4.52 Å². The zero-order valence-electron chi connectivity index (χ0n) is 11.3. The SMILES string of the molecule is Cc1oncc1C(=O)Nc1nc(-c2ccc(F)c(F)c2)cs1. The quantitative estimate of drug-likeness (QED) is 0.800. The number of thiazole rings is 1. The van der Waals surface area contributed by atoms with Crippen molar-refractivity contribution in [3.05, 3.63) is 52.7 Å². The second-order valence-electron chi connectivity index (χ2n) is 4.42. The molecule has 0 radical (unpaired) electrons. The van der Waals surface area contributed by atoms with Crippen LogP contribution in [0.25, 0.3) is 11.3 Å². The Kier molecular flexibility index (Phi) is 3.68. The summed E-state index contributed by atoms with van der Waals surface area (Å²) in [6.07, 6.45) is 1.31. The van der Waals surface area contributed by atoms with Crippen molar-refractivity contribution in [1.29, 1.82) is 0 Å². The number of nitrogens with one attached hydrogen (secondary N) is 1. The predicted molar refractivity (Wildman–Crippen MR) is 76.7 cm³/mol. The zero-order chi connectivity index (χ0) is 15.7. The summed E-state index contributed by atoms with van der Waals surface area (Å²) in [5.74, 6) is -1.87. The van der Waals surface area contributed by atoms with Crippen molar-refractivity contribution in [3.63, 3.8) is 0 Å². The summed E-state index contributed by atoms with van der Waals surface area (Å²) >= 11 is 1.18. The summed E-state index contributed by atoms with van der Waals surface area (Å²) in [5, 5.41) is 8.11. The van der Waals surface area contributed by atoms with Gasteiger partial charge in [0.1, 0.15) is 11.3 Å². The average molecular weight is 321 g/mol. The highest BCUT2D eigenvalue weighted by atomic mass is 32.1. The Labute approximate surface area is 127 Å². The maximum absolute atomic E-state index is 13.2. The van der Waals surface area contributed by atoms with Gasteiger partial charge in [0.25, 0.3) is 5.91 Å². The first-order chi connectivity index (χ1) is 10.5. The zero-order valence-corrected chi connectivity index (χ0v) is 12.1. The van der Waals surface area contributed by atoms with E-state index in [0.717, 1.165) is 12.1 Å². The third-order valence-electron chi connectivity index (χ3n) is 2.94. The minimum atomic E-state index is -0.948. The molecule has 0 bridgehead atoms. The van der Waals surface area contributed by atoms with Gasteiger partial charge in [-0.3, -0.25) is 10.1 Å². The van der Waals surface area contributed by atoms with E-state index >= 15 is 0 Å². The first-order valence-electron chi connectivity index (χ1n) is 6.18. The fourth-order valence-electron chi connectivity index (χ4n) is 1.80. The Morgan fingerprint density at radius 1 is 1.32 bits per heavy atom. The summed E-state index contributed by atoms with van der Waals surface area (Å²) < 4.78 is 31.0. The van der Waals surface area contributed by atoms with E-state index in [2.05, 4.69) is 15.5 Å². The lowest BCUT2D eigenvalue weighted by atomic mass is 10.2. The van der Waals surface area contributed by atoms with Crippen LogP contribution in [0, 0.1) is 18.6 Å². The molecule has 0 spiro atoms. The molecular weight excluding hydrogens is 312 g/mol. The third-order valence-corrected chi connectivity index (χ3v) is 3.69. The van der Waals surface area contributed by atoms with Crippen molar-refractivity contribution in [3.8, 4) is 11.3 Å². The van der Waals surface area contributed by atoms with Crippen molar-refractivity contribution in [1.82, 2.24) is 10.1 Å². The fourth-order valence-corrected chi connectivity index (χ4v) is 2.52. The van der Waals surface area contributed by atoms with Gasteiger partial charge in [-0.05, 0) is 25.1 Å². The minimum Gasteiger partial charge on any atom is -0.361 e. The molecule has 8 heteroatoms. The normalized spacial score (nSPS) is 10.7. The number of carbonyl (C=O) groups is 1. The lowest BCUT2D eigenvalue weighted by molar-refractivity contribution is 0.102. The molecular formula is C14H9F2N3O2S. The van der Waals surface area contributed by atoms with Gasteiger partial charge in [-0.15, -0.1) is 11.3 Å². The molecule has 3 aromatic rings. The van der Waals surface area contributed by atoms with Gasteiger partial charge in [0.15, 0.2) is 16.8 Å². The van der Waals surface area contributed by atoms with E-state index in [1.54, 1.807) is 12.3 Å². The first-order valence-corrected chi connectivity index (χ1v) is 7.06. The van der Waals surface area contributed by atoms with Crippen molar-refractivity contribution in [2.24, 2.45) is 0 Å². The molecule has 1 aromatic carbocycles. The van der Waals surface area contributed by atoms with Crippen LogP contribution < -0.4 is 5.32 Å². The van der Waals surface area contributed by atoms with Crippen molar-refractivity contribution >= 4 is 22.4 Å². The van der Waals surface area contributed by atoms with E-state index in [-0.39, 0.29) is 0 Å². The largest absolute Gasteiger partial charge is 0.361 e. The lowest BCUT2D eigenvalue weighted by Crippen LogP contribution is -2.11. The van der Waals surface area contributed by atoms with E-state index in [9.17, 15) is 13.6 Å². The number of benzene rings is 1. The Bertz CT molecular complexity index is 844. The molecule has 0 aliphatic carbocycles. The Morgan fingerprint density at radius 2 is 2.14 bits per heavy atom. The van der Waals surface area contributed by atoms with Gasteiger partial charge in [0, 0.05) is 10.9 Å². The van der Waals surface area contributed by atoms with Crippen LogP contribution in [0.3, 0.4) is 0 Å². The molecule has 112 valence electrons. The molecule has 0 unspecified atom stereocenters. The minimum absolute atomic E-state index is 0.310. The van der Waals surface area contributed by atoms with E-state index in [1.807, 2.05) is 0 Å². The number of anilines is 1. The second kappa shape index (κ2) is 5.64. The van der Waals surface area contributed by atoms with Crippen LogP contribution in [-0.4, -0.2) is 16.0 Å². The highest BCUT2D eigenvalue weighted by Gasteiger charge is 2.15. The number of hydrogen-bond acceptors (Lipinski definition) is 5. The molecule has 2 aromatic heterocycles. The van der Waals surface area contributed by atoms with Crippen LogP contribution in [0.15, 0.2) is 34.3 Å². The molecule has 1 N–H and O–H groups in total.